The minimum Gasteiger partial charge on any atom is -0.491 e. The molecule has 6 heteroatoms. The quantitative estimate of drug-likeness (QED) is 0.834. The van der Waals surface area contributed by atoms with Gasteiger partial charge >= 0.3 is 0 Å². The lowest BCUT2D eigenvalue weighted by Gasteiger charge is -2.22. The summed E-state index contributed by atoms with van der Waals surface area (Å²) in [5.74, 6) is -0.415. The molecule has 1 unspecified atom stereocenters. The van der Waals surface area contributed by atoms with Crippen LogP contribution in [0, 0.1) is 12.7 Å². The molecule has 26 heavy (non-hydrogen) atoms. The highest BCUT2D eigenvalue weighted by atomic mass is 19.1. The van der Waals surface area contributed by atoms with Gasteiger partial charge in [-0.25, -0.2) is 4.39 Å². The number of carbonyl (C=O) groups is 1. The smallest absolute Gasteiger partial charge is 0.251 e. The maximum Gasteiger partial charge on any atom is 0.251 e. The van der Waals surface area contributed by atoms with E-state index in [0.717, 1.165) is 12.0 Å². The summed E-state index contributed by atoms with van der Waals surface area (Å²) in [4.78, 5) is 26.5. The molecule has 1 aliphatic rings. The highest BCUT2D eigenvalue weighted by Crippen LogP contribution is 2.32. The van der Waals surface area contributed by atoms with Crippen molar-refractivity contribution in [1.29, 1.82) is 0 Å². The fraction of sp³-hybridized carbons (Fsp3) is 0.400. The Hall–Kier alpha value is -2.63. The number of ether oxygens (including phenoxy) is 1. The Morgan fingerprint density at radius 2 is 2.08 bits per heavy atom. The average molecular weight is 358 g/mol. The van der Waals surface area contributed by atoms with E-state index in [1.807, 2.05) is 12.1 Å². The second-order valence-electron chi connectivity index (χ2n) is 6.64. The number of rotatable bonds is 6. The van der Waals surface area contributed by atoms with Crippen LogP contribution < -0.4 is 15.6 Å². The van der Waals surface area contributed by atoms with Gasteiger partial charge in [0, 0.05) is 29.6 Å². The van der Waals surface area contributed by atoms with E-state index in [-0.39, 0.29) is 29.2 Å². The fourth-order valence-electron chi connectivity index (χ4n) is 3.35. The number of hydrogen-bond donors (Lipinski definition) is 2. The number of H-pyrrole nitrogens is 1. The van der Waals surface area contributed by atoms with Crippen molar-refractivity contribution >= 4 is 5.91 Å². The molecule has 1 aromatic heterocycles. The first-order chi connectivity index (χ1) is 12.5. The molecule has 1 amide bonds. The number of pyridine rings is 1. The zero-order valence-electron chi connectivity index (χ0n) is 15.0. The summed E-state index contributed by atoms with van der Waals surface area (Å²) in [6, 6.07) is 8.50. The molecule has 2 N–H and O–H groups in total. The number of benzene rings is 1. The van der Waals surface area contributed by atoms with Crippen molar-refractivity contribution in [2.75, 3.05) is 6.61 Å². The van der Waals surface area contributed by atoms with E-state index in [4.69, 9.17) is 4.74 Å². The fourth-order valence-corrected chi connectivity index (χ4v) is 3.35. The van der Waals surface area contributed by atoms with Crippen molar-refractivity contribution in [1.82, 2.24) is 10.3 Å². The summed E-state index contributed by atoms with van der Waals surface area (Å²) >= 11 is 0. The van der Waals surface area contributed by atoms with E-state index >= 15 is 0 Å². The van der Waals surface area contributed by atoms with Crippen molar-refractivity contribution in [3.8, 4) is 5.75 Å². The van der Waals surface area contributed by atoms with Crippen molar-refractivity contribution in [3.05, 3.63) is 63.3 Å². The van der Waals surface area contributed by atoms with E-state index < -0.39 is 5.82 Å². The largest absolute Gasteiger partial charge is 0.491 e. The zero-order chi connectivity index (χ0) is 18.7. The van der Waals surface area contributed by atoms with Gasteiger partial charge < -0.3 is 15.0 Å². The van der Waals surface area contributed by atoms with E-state index in [2.05, 4.69) is 10.3 Å². The van der Waals surface area contributed by atoms with E-state index in [9.17, 15) is 14.0 Å². The predicted octanol–water partition coefficient (Wildman–Crippen LogP) is 3.02. The number of carbonyl (C=O) groups excluding carboxylic acids is 1. The van der Waals surface area contributed by atoms with Crippen molar-refractivity contribution in [3.63, 3.8) is 0 Å². The van der Waals surface area contributed by atoms with Crippen LogP contribution >= 0.6 is 0 Å². The molecule has 138 valence electrons. The number of nitrogens with one attached hydrogen (secondary N) is 2. The van der Waals surface area contributed by atoms with Crippen LogP contribution in [-0.4, -0.2) is 23.5 Å². The molecule has 3 rings (SSSR count). The highest BCUT2D eigenvalue weighted by molar-refractivity contribution is 5.78. The minimum atomic E-state index is -0.431. The molecular formula is C20H23FN2O3. The van der Waals surface area contributed by atoms with E-state index in [1.54, 1.807) is 26.0 Å². The Morgan fingerprint density at radius 3 is 2.69 bits per heavy atom. The number of halogens is 1. The van der Waals surface area contributed by atoms with Crippen LogP contribution in [0.1, 0.15) is 48.9 Å². The van der Waals surface area contributed by atoms with Gasteiger partial charge in [-0.05, 0) is 50.5 Å². The monoisotopic (exact) mass is 358 g/mol. The number of aromatic amines is 1. The second-order valence-corrected chi connectivity index (χ2v) is 6.64. The lowest BCUT2D eigenvalue weighted by atomic mass is 9.88. The molecule has 2 heterocycles. The molecule has 0 radical (unpaired) electrons. The summed E-state index contributed by atoms with van der Waals surface area (Å²) < 4.78 is 19.6. The van der Waals surface area contributed by atoms with Crippen molar-refractivity contribution in [2.24, 2.45) is 0 Å². The van der Waals surface area contributed by atoms with Gasteiger partial charge in [0.25, 0.3) is 5.56 Å². The predicted molar refractivity (Wildman–Crippen MR) is 97.0 cm³/mol. The van der Waals surface area contributed by atoms with Crippen LogP contribution in [0.4, 0.5) is 4.39 Å². The molecule has 5 nitrogen and oxygen atoms in total. The van der Waals surface area contributed by atoms with Crippen LogP contribution in [0.3, 0.4) is 0 Å². The van der Waals surface area contributed by atoms with Gasteiger partial charge in [-0.3, -0.25) is 9.59 Å². The second kappa shape index (κ2) is 7.72. The topological polar surface area (TPSA) is 71.2 Å². The minimum absolute atomic E-state index is 0.00642. The molecular weight excluding hydrogens is 335 g/mol. The molecule has 0 spiro atoms. The molecule has 1 saturated heterocycles. The summed E-state index contributed by atoms with van der Waals surface area (Å²) in [5, 5.41) is 2.95. The maximum atomic E-state index is 14.4. The molecule has 2 aromatic rings. The number of amides is 1. The Balaban J connectivity index is 1.96. The lowest BCUT2D eigenvalue weighted by Crippen LogP contribution is -2.28. The average Bonchev–Trinajstić information content (AvgIpc) is 3.02. The third-order valence-corrected chi connectivity index (χ3v) is 4.77. The van der Waals surface area contributed by atoms with Gasteiger partial charge in [0.2, 0.25) is 5.91 Å². The van der Waals surface area contributed by atoms with Gasteiger partial charge in [0.05, 0.1) is 6.61 Å². The third-order valence-electron chi connectivity index (χ3n) is 4.77. The van der Waals surface area contributed by atoms with Crippen LogP contribution in [0.2, 0.25) is 0 Å². The van der Waals surface area contributed by atoms with Gasteiger partial charge in [-0.2, -0.15) is 0 Å². The summed E-state index contributed by atoms with van der Waals surface area (Å²) in [6.07, 6.45) is 1.84. The van der Waals surface area contributed by atoms with Crippen molar-refractivity contribution < 1.29 is 13.9 Å². The molecule has 0 saturated carbocycles. The third kappa shape index (κ3) is 3.95. The van der Waals surface area contributed by atoms with Gasteiger partial charge in [0.15, 0.2) is 11.6 Å². The first kappa shape index (κ1) is 18.2. The number of aromatic nitrogens is 1. The summed E-state index contributed by atoms with van der Waals surface area (Å²) in [7, 11) is 0. The van der Waals surface area contributed by atoms with Gasteiger partial charge in [-0.1, -0.05) is 12.1 Å². The summed E-state index contributed by atoms with van der Waals surface area (Å²) in [6.45, 7) is 3.93. The molecule has 2 atom stereocenters. The molecule has 1 aromatic carbocycles. The SMILES string of the molecule is CCOc1ccc(C(C[C@H]2CCC(=O)N2)c2ccc(C)c(=O)[nH]2)cc1F. The normalized spacial score (nSPS) is 17.8. The first-order valence-corrected chi connectivity index (χ1v) is 8.89. The zero-order valence-corrected chi connectivity index (χ0v) is 15.0. The molecule has 0 bridgehead atoms. The number of aryl methyl sites for hydroxylation is 1. The van der Waals surface area contributed by atoms with E-state index in [0.29, 0.717) is 30.7 Å². The van der Waals surface area contributed by atoms with Crippen LogP contribution in [0.5, 0.6) is 5.75 Å². The Labute approximate surface area is 151 Å². The van der Waals surface area contributed by atoms with E-state index in [1.165, 1.54) is 6.07 Å². The van der Waals surface area contributed by atoms with Crippen molar-refractivity contribution in [2.45, 2.75) is 45.1 Å². The Morgan fingerprint density at radius 1 is 1.27 bits per heavy atom. The summed E-state index contributed by atoms with van der Waals surface area (Å²) in [5.41, 5.74) is 1.92. The maximum absolute atomic E-state index is 14.4. The molecule has 1 fully saturated rings. The first-order valence-electron chi connectivity index (χ1n) is 8.89. The number of hydrogen-bond acceptors (Lipinski definition) is 3. The molecule has 0 aliphatic carbocycles. The van der Waals surface area contributed by atoms with Crippen LogP contribution in [-0.2, 0) is 4.79 Å². The van der Waals surface area contributed by atoms with Crippen LogP contribution in [0.25, 0.3) is 0 Å². The Bertz CT molecular complexity index is 862. The van der Waals surface area contributed by atoms with Crippen LogP contribution in [0.15, 0.2) is 35.1 Å². The standard InChI is InChI=1S/C20H23FN2O3/c1-3-26-18-8-5-13(10-16(18)21)15(11-14-6-9-19(24)22-14)17-7-4-12(2)20(25)23-17/h4-5,7-8,10,14-15H,3,6,9,11H2,1-2H3,(H,22,24)(H,23,25)/t14-,15?/m1/s1. The lowest BCUT2D eigenvalue weighted by molar-refractivity contribution is -0.119. The van der Waals surface area contributed by atoms with Gasteiger partial charge in [-0.15, -0.1) is 0 Å². The van der Waals surface area contributed by atoms with Gasteiger partial charge in [0.1, 0.15) is 0 Å². The highest BCUT2D eigenvalue weighted by Gasteiger charge is 2.27. The molecule has 1 aliphatic heterocycles. The Kier molecular flexibility index (Phi) is 5.40.